The lowest BCUT2D eigenvalue weighted by atomic mass is 9.76. The van der Waals surface area contributed by atoms with Gasteiger partial charge in [0.1, 0.15) is 31.0 Å². The summed E-state index contributed by atoms with van der Waals surface area (Å²) in [7, 11) is 1.74. The number of hydrogen-bond acceptors (Lipinski definition) is 5. The highest BCUT2D eigenvalue weighted by atomic mass is 16.6. The third-order valence-corrected chi connectivity index (χ3v) is 6.33. The van der Waals surface area contributed by atoms with Gasteiger partial charge in [-0.2, -0.15) is 0 Å². The minimum atomic E-state index is -1.07. The Morgan fingerprint density at radius 1 is 0.938 bits per heavy atom. The van der Waals surface area contributed by atoms with Crippen LogP contribution in [0.1, 0.15) is 21.5 Å². The van der Waals surface area contributed by atoms with E-state index < -0.39 is 5.41 Å². The van der Waals surface area contributed by atoms with Gasteiger partial charge in [0.2, 0.25) is 5.91 Å². The van der Waals surface area contributed by atoms with E-state index in [0.29, 0.717) is 41.7 Å². The standard InChI is InChI=1S/C25H20N2O5/c1-27-18-9-5-8-17(26-23(28)15-6-3-2-4-7-15)22(18)25(24(27)29)14-32-19-13-21-20(12-16(19)25)30-10-11-31-21/h2-9,12-13H,10-11,14H2,1H3,(H,26,28). The van der Waals surface area contributed by atoms with E-state index in [1.54, 1.807) is 30.1 Å². The third-order valence-electron chi connectivity index (χ3n) is 6.33. The number of benzene rings is 3. The normalized spacial score (nSPS) is 20.0. The highest BCUT2D eigenvalue weighted by Crippen LogP contribution is 2.56. The Kier molecular flexibility index (Phi) is 3.95. The van der Waals surface area contributed by atoms with E-state index >= 15 is 0 Å². The van der Waals surface area contributed by atoms with Crippen LogP contribution in [0.5, 0.6) is 17.2 Å². The molecule has 3 aliphatic rings. The van der Waals surface area contributed by atoms with Crippen LogP contribution in [-0.4, -0.2) is 38.7 Å². The van der Waals surface area contributed by atoms with Gasteiger partial charge in [-0.1, -0.05) is 24.3 Å². The molecule has 6 rings (SSSR count). The Balaban J connectivity index is 1.51. The molecule has 7 heteroatoms. The van der Waals surface area contributed by atoms with Crippen LogP contribution in [0.25, 0.3) is 0 Å². The summed E-state index contributed by atoms with van der Waals surface area (Å²) in [5.41, 5.74) is 2.24. The predicted molar refractivity (Wildman–Crippen MR) is 118 cm³/mol. The van der Waals surface area contributed by atoms with Crippen LogP contribution in [0.4, 0.5) is 11.4 Å². The maximum absolute atomic E-state index is 13.7. The number of nitrogens with zero attached hydrogens (tertiary/aromatic N) is 1. The molecule has 3 aliphatic heterocycles. The summed E-state index contributed by atoms with van der Waals surface area (Å²) in [5, 5.41) is 3.01. The smallest absolute Gasteiger partial charge is 0.255 e. The number of nitrogens with one attached hydrogen (secondary N) is 1. The van der Waals surface area contributed by atoms with E-state index in [-0.39, 0.29) is 18.4 Å². The van der Waals surface area contributed by atoms with Gasteiger partial charge in [-0.25, -0.2) is 0 Å². The predicted octanol–water partition coefficient (Wildman–Crippen LogP) is 3.37. The van der Waals surface area contributed by atoms with Crippen molar-refractivity contribution in [3.63, 3.8) is 0 Å². The van der Waals surface area contributed by atoms with E-state index in [1.165, 1.54) is 0 Å². The molecule has 0 radical (unpaired) electrons. The van der Waals surface area contributed by atoms with Gasteiger partial charge in [0.05, 0.1) is 5.69 Å². The van der Waals surface area contributed by atoms with Gasteiger partial charge < -0.3 is 24.4 Å². The summed E-state index contributed by atoms with van der Waals surface area (Å²) in [6.45, 7) is 1.05. The monoisotopic (exact) mass is 428 g/mol. The average molecular weight is 428 g/mol. The van der Waals surface area contributed by atoms with Crippen molar-refractivity contribution in [2.24, 2.45) is 0 Å². The Bertz CT molecular complexity index is 1270. The SMILES string of the molecule is CN1C(=O)C2(COc3cc4c(cc32)OCCO4)c2c(NC(=O)c3ccccc3)cccc21. The molecule has 3 heterocycles. The lowest BCUT2D eigenvalue weighted by Gasteiger charge is -2.25. The zero-order valence-electron chi connectivity index (χ0n) is 17.4. The van der Waals surface area contributed by atoms with Crippen LogP contribution in [0.3, 0.4) is 0 Å². The molecule has 2 amide bonds. The molecule has 0 bridgehead atoms. The number of rotatable bonds is 2. The number of likely N-dealkylation sites (N-methyl/N-ethyl adjacent to an activating group) is 1. The second kappa shape index (κ2) is 6.75. The van der Waals surface area contributed by atoms with E-state index in [1.807, 2.05) is 42.5 Å². The van der Waals surface area contributed by atoms with Gasteiger partial charge in [-0.3, -0.25) is 9.59 Å². The molecule has 0 fully saturated rings. The van der Waals surface area contributed by atoms with Crippen molar-refractivity contribution in [1.82, 2.24) is 0 Å². The van der Waals surface area contributed by atoms with Crippen LogP contribution in [0.15, 0.2) is 60.7 Å². The van der Waals surface area contributed by atoms with E-state index in [9.17, 15) is 9.59 Å². The van der Waals surface area contributed by atoms with Gasteiger partial charge in [-0.05, 0) is 30.3 Å². The number of amides is 2. The lowest BCUT2D eigenvalue weighted by Crippen LogP contribution is -2.41. The van der Waals surface area contributed by atoms with Gasteiger partial charge in [0.25, 0.3) is 5.91 Å². The summed E-state index contributed by atoms with van der Waals surface area (Å²) in [6, 6.07) is 18.2. The third kappa shape index (κ3) is 2.48. The van der Waals surface area contributed by atoms with Crippen molar-refractivity contribution in [3.05, 3.63) is 77.4 Å². The van der Waals surface area contributed by atoms with Crippen LogP contribution in [-0.2, 0) is 10.2 Å². The Hall–Kier alpha value is -4.00. The molecule has 3 aromatic carbocycles. The number of anilines is 2. The Labute approximate surface area is 184 Å². The van der Waals surface area contributed by atoms with Crippen molar-refractivity contribution >= 4 is 23.2 Å². The van der Waals surface area contributed by atoms with Gasteiger partial charge in [-0.15, -0.1) is 0 Å². The van der Waals surface area contributed by atoms with Gasteiger partial charge in [0, 0.05) is 35.5 Å². The topological polar surface area (TPSA) is 77.1 Å². The average Bonchev–Trinajstić information content (AvgIpc) is 3.30. The molecule has 32 heavy (non-hydrogen) atoms. The second-order valence-corrected chi connectivity index (χ2v) is 8.07. The number of hydrogen-bond donors (Lipinski definition) is 1. The quantitative estimate of drug-likeness (QED) is 0.677. The molecule has 1 N–H and O–H groups in total. The van der Waals surface area contributed by atoms with Gasteiger partial charge in [0.15, 0.2) is 11.5 Å². The maximum Gasteiger partial charge on any atom is 0.255 e. The second-order valence-electron chi connectivity index (χ2n) is 8.07. The fourth-order valence-electron chi connectivity index (χ4n) is 4.83. The first-order chi connectivity index (χ1) is 15.6. The number of fused-ring (bicyclic) bond motifs is 5. The van der Waals surface area contributed by atoms with Crippen LogP contribution < -0.4 is 24.4 Å². The molecule has 0 saturated heterocycles. The van der Waals surface area contributed by atoms with Crippen molar-refractivity contribution in [2.75, 3.05) is 37.1 Å². The molecule has 1 unspecified atom stereocenters. The molecular weight excluding hydrogens is 408 g/mol. The highest BCUT2D eigenvalue weighted by Gasteiger charge is 2.57. The summed E-state index contributed by atoms with van der Waals surface area (Å²) < 4.78 is 17.5. The first-order valence-corrected chi connectivity index (χ1v) is 10.4. The molecule has 0 aromatic heterocycles. The molecule has 7 nitrogen and oxygen atoms in total. The van der Waals surface area contributed by atoms with Crippen molar-refractivity contribution < 1.29 is 23.8 Å². The van der Waals surface area contributed by atoms with Crippen LogP contribution >= 0.6 is 0 Å². The molecule has 1 atom stereocenters. The number of ether oxygens (including phenoxy) is 3. The fraction of sp³-hybridized carbons (Fsp3) is 0.200. The van der Waals surface area contributed by atoms with Crippen molar-refractivity contribution in [2.45, 2.75) is 5.41 Å². The van der Waals surface area contributed by atoms with E-state index in [4.69, 9.17) is 14.2 Å². The molecule has 0 aliphatic carbocycles. The first kappa shape index (κ1) is 18.7. The zero-order chi connectivity index (χ0) is 21.9. The highest BCUT2D eigenvalue weighted by molar-refractivity contribution is 6.15. The molecular formula is C25H20N2O5. The minimum absolute atomic E-state index is 0.107. The molecule has 160 valence electrons. The lowest BCUT2D eigenvalue weighted by molar-refractivity contribution is -0.121. The van der Waals surface area contributed by atoms with Gasteiger partial charge >= 0.3 is 0 Å². The fourth-order valence-corrected chi connectivity index (χ4v) is 4.83. The van der Waals surface area contributed by atoms with Crippen molar-refractivity contribution in [3.8, 4) is 17.2 Å². The van der Waals surface area contributed by atoms with Crippen LogP contribution in [0, 0.1) is 0 Å². The molecule has 1 spiro atoms. The summed E-state index contributed by atoms with van der Waals surface area (Å²) in [4.78, 5) is 28.3. The van der Waals surface area contributed by atoms with E-state index in [2.05, 4.69) is 5.32 Å². The van der Waals surface area contributed by atoms with Crippen molar-refractivity contribution in [1.29, 1.82) is 0 Å². The Morgan fingerprint density at radius 3 is 2.47 bits per heavy atom. The largest absolute Gasteiger partial charge is 0.491 e. The minimum Gasteiger partial charge on any atom is -0.491 e. The Morgan fingerprint density at radius 2 is 1.69 bits per heavy atom. The molecule has 3 aromatic rings. The number of carbonyl (C=O) groups excluding carboxylic acids is 2. The molecule has 0 saturated carbocycles. The summed E-state index contributed by atoms with van der Waals surface area (Å²) >= 11 is 0. The van der Waals surface area contributed by atoms with E-state index in [0.717, 1.165) is 16.8 Å². The number of carbonyl (C=O) groups is 2. The van der Waals surface area contributed by atoms with Crippen LogP contribution in [0.2, 0.25) is 0 Å². The zero-order valence-corrected chi connectivity index (χ0v) is 17.4. The first-order valence-electron chi connectivity index (χ1n) is 10.4. The summed E-state index contributed by atoms with van der Waals surface area (Å²) in [6.07, 6.45) is 0. The maximum atomic E-state index is 13.7. The summed E-state index contributed by atoms with van der Waals surface area (Å²) in [5.74, 6) is 1.45.